The number of carbonyl (C=O) groups is 2. The average Bonchev–Trinajstić information content (AvgIpc) is 2.87. The molecule has 120 valence electrons. The number of thiophene rings is 1. The van der Waals surface area contributed by atoms with Crippen LogP contribution in [0.25, 0.3) is 0 Å². The molecule has 0 fully saturated rings. The number of carbonyl (C=O) groups excluding carboxylic acids is 2. The van der Waals surface area contributed by atoms with Crippen LogP contribution in [0, 0.1) is 0 Å². The van der Waals surface area contributed by atoms with Gasteiger partial charge < -0.3 is 10.1 Å². The van der Waals surface area contributed by atoms with Gasteiger partial charge in [-0.2, -0.15) is 0 Å². The lowest BCUT2D eigenvalue weighted by atomic mass is 10.00. The topological polar surface area (TPSA) is 55.4 Å². The van der Waals surface area contributed by atoms with E-state index in [1.54, 1.807) is 13.0 Å². The summed E-state index contributed by atoms with van der Waals surface area (Å²) in [5, 5.41) is 2.62. The van der Waals surface area contributed by atoms with Gasteiger partial charge in [-0.3, -0.25) is 4.79 Å². The van der Waals surface area contributed by atoms with Crippen LogP contribution in [0.5, 0.6) is 0 Å². The van der Waals surface area contributed by atoms with E-state index in [9.17, 15) is 9.59 Å². The standard InChI is InChI=1S/C17H23NO3S/c1-3-10-18-16(19)12(2)21-17(20)15-11-13-8-6-4-5-7-9-14(13)22-15/h3,11-12H,1,4-10H2,2H3,(H,18,19)/t12-/m0/s1. The molecule has 1 amide bonds. The van der Waals surface area contributed by atoms with Gasteiger partial charge in [0.1, 0.15) is 4.88 Å². The molecule has 0 aliphatic heterocycles. The van der Waals surface area contributed by atoms with Crippen molar-refractivity contribution < 1.29 is 14.3 Å². The van der Waals surface area contributed by atoms with Gasteiger partial charge in [0.15, 0.2) is 6.10 Å². The summed E-state index contributed by atoms with van der Waals surface area (Å²) in [5.74, 6) is -0.707. The highest BCUT2D eigenvalue weighted by Gasteiger charge is 2.21. The second-order valence-electron chi connectivity index (χ2n) is 5.55. The minimum Gasteiger partial charge on any atom is -0.448 e. The Morgan fingerprint density at radius 3 is 2.82 bits per heavy atom. The van der Waals surface area contributed by atoms with Crippen molar-refractivity contribution in [3.63, 3.8) is 0 Å². The molecule has 0 saturated heterocycles. The minimum absolute atomic E-state index is 0.303. The predicted octanol–water partition coefficient (Wildman–Crippen LogP) is 3.25. The summed E-state index contributed by atoms with van der Waals surface area (Å²) in [7, 11) is 0. The van der Waals surface area contributed by atoms with Crippen molar-refractivity contribution in [2.75, 3.05) is 6.54 Å². The molecule has 1 heterocycles. The zero-order chi connectivity index (χ0) is 15.9. The number of amides is 1. The van der Waals surface area contributed by atoms with Gasteiger partial charge in [-0.15, -0.1) is 17.9 Å². The highest BCUT2D eigenvalue weighted by atomic mass is 32.1. The third kappa shape index (κ3) is 4.44. The maximum absolute atomic E-state index is 12.2. The molecule has 1 aromatic heterocycles. The lowest BCUT2D eigenvalue weighted by Gasteiger charge is -2.11. The predicted molar refractivity (Wildman–Crippen MR) is 88.3 cm³/mol. The molecular formula is C17H23NO3S. The highest BCUT2D eigenvalue weighted by Crippen LogP contribution is 2.29. The quantitative estimate of drug-likeness (QED) is 0.669. The Labute approximate surface area is 135 Å². The van der Waals surface area contributed by atoms with Crippen LogP contribution in [-0.4, -0.2) is 24.5 Å². The number of fused-ring (bicyclic) bond motifs is 1. The summed E-state index contributed by atoms with van der Waals surface area (Å²) in [6.45, 7) is 5.48. The number of esters is 1. The molecule has 0 unspecified atom stereocenters. The van der Waals surface area contributed by atoms with Crippen LogP contribution in [0.1, 0.15) is 52.7 Å². The average molecular weight is 321 g/mol. The monoisotopic (exact) mass is 321 g/mol. The molecule has 4 nitrogen and oxygen atoms in total. The smallest absolute Gasteiger partial charge is 0.349 e. The molecule has 2 rings (SSSR count). The molecule has 0 spiro atoms. The first-order chi connectivity index (χ1) is 10.6. The van der Waals surface area contributed by atoms with E-state index in [4.69, 9.17) is 4.74 Å². The van der Waals surface area contributed by atoms with Gasteiger partial charge in [0.25, 0.3) is 5.91 Å². The summed E-state index contributed by atoms with van der Waals surface area (Å²) in [5.41, 5.74) is 1.28. The minimum atomic E-state index is -0.794. The molecule has 0 aromatic carbocycles. The van der Waals surface area contributed by atoms with Crippen LogP contribution >= 0.6 is 11.3 Å². The Balaban J connectivity index is 1.99. The fraction of sp³-hybridized carbons (Fsp3) is 0.529. The third-order valence-electron chi connectivity index (χ3n) is 3.77. The summed E-state index contributed by atoms with van der Waals surface area (Å²) < 4.78 is 5.26. The van der Waals surface area contributed by atoms with Gasteiger partial charge in [0.05, 0.1) is 0 Å². The van der Waals surface area contributed by atoms with Crippen molar-refractivity contribution in [3.8, 4) is 0 Å². The number of aryl methyl sites for hydroxylation is 2. The van der Waals surface area contributed by atoms with Crippen molar-refractivity contribution in [2.24, 2.45) is 0 Å². The zero-order valence-electron chi connectivity index (χ0n) is 13.0. The van der Waals surface area contributed by atoms with Crippen LogP contribution < -0.4 is 5.32 Å². The van der Waals surface area contributed by atoms with Gasteiger partial charge in [0.2, 0.25) is 0 Å². The van der Waals surface area contributed by atoms with Crippen LogP contribution in [0.2, 0.25) is 0 Å². The van der Waals surface area contributed by atoms with Crippen LogP contribution in [0.3, 0.4) is 0 Å². The fourth-order valence-corrected chi connectivity index (χ4v) is 3.67. The fourth-order valence-electron chi connectivity index (χ4n) is 2.53. The Morgan fingerprint density at radius 1 is 1.36 bits per heavy atom. The molecule has 1 aliphatic carbocycles. The van der Waals surface area contributed by atoms with E-state index in [0.717, 1.165) is 12.8 Å². The summed E-state index contributed by atoms with van der Waals surface area (Å²) in [6, 6.07) is 1.95. The van der Waals surface area contributed by atoms with Gasteiger partial charge in [-0.1, -0.05) is 18.9 Å². The molecule has 1 aromatic rings. The largest absolute Gasteiger partial charge is 0.448 e. The number of rotatable bonds is 5. The second kappa shape index (κ2) is 8.13. The van der Waals surface area contributed by atoms with E-state index < -0.39 is 12.1 Å². The molecular weight excluding hydrogens is 298 g/mol. The first-order valence-electron chi connectivity index (χ1n) is 7.83. The maximum atomic E-state index is 12.2. The van der Waals surface area contributed by atoms with Crippen molar-refractivity contribution in [1.29, 1.82) is 0 Å². The number of hydrogen-bond acceptors (Lipinski definition) is 4. The summed E-state index contributed by atoms with van der Waals surface area (Å²) in [4.78, 5) is 25.8. The highest BCUT2D eigenvalue weighted by molar-refractivity contribution is 7.14. The number of ether oxygens (including phenoxy) is 1. The van der Waals surface area contributed by atoms with E-state index in [-0.39, 0.29) is 5.91 Å². The van der Waals surface area contributed by atoms with Crippen molar-refractivity contribution >= 4 is 23.2 Å². The van der Waals surface area contributed by atoms with E-state index in [2.05, 4.69) is 11.9 Å². The lowest BCUT2D eigenvalue weighted by molar-refractivity contribution is -0.128. The first-order valence-corrected chi connectivity index (χ1v) is 8.64. The van der Waals surface area contributed by atoms with Crippen LogP contribution in [0.15, 0.2) is 18.7 Å². The van der Waals surface area contributed by atoms with Crippen LogP contribution in [-0.2, 0) is 22.4 Å². The Hall–Kier alpha value is -1.62. The third-order valence-corrected chi connectivity index (χ3v) is 4.99. The SMILES string of the molecule is C=CCNC(=O)[C@H](C)OC(=O)c1cc2c(s1)CCCCCC2. The van der Waals surface area contributed by atoms with E-state index in [1.807, 2.05) is 6.07 Å². The Kier molecular flexibility index (Phi) is 6.19. The van der Waals surface area contributed by atoms with Gasteiger partial charge in [-0.05, 0) is 44.2 Å². The Bertz CT molecular complexity index is 525. The molecule has 1 aliphatic rings. The molecule has 0 bridgehead atoms. The molecule has 0 radical (unpaired) electrons. The molecule has 0 saturated carbocycles. The first kappa shape index (κ1) is 16.7. The zero-order valence-corrected chi connectivity index (χ0v) is 13.8. The van der Waals surface area contributed by atoms with Crippen molar-refractivity contribution in [3.05, 3.63) is 34.0 Å². The molecule has 1 N–H and O–H groups in total. The summed E-state index contributed by atoms with van der Waals surface area (Å²) >= 11 is 1.52. The second-order valence-corrected chi connectivity index (χ2v) is 6.69. The van der Waals surface area contributed by atoms with E-state index >= 15 is 0 Å². The normalized spacial score (nSPS) is 15.9. The van der Waals surface area contributed by atoms with E-state index in [0.29, 0.717) is 11.4 Å². The molecule has 22 heavy (non-hydrogen) atoms. The maximum Gasteiger partial charge on any atom is 0.349 e. The lowest BCUT2D eigenvalue weighted by Crippen LogP contribution is -2.35. The van der Waals surface area contributed by atoms with Crippen molar-refractivity contribution in [2.45, 2.75) is 51.6 Å². The molecule has 5 heteroatoms. The Morgan fingerprint density at radius 2 is 2.09 bits per heavy atom. The molecule has 1 atom stereocenters. The van der Waals surface area contributed by atoms with Gasteiger partial charge in [-0.25, -0.2) is 4.79 Å². The number of nitrogens with one attached hydrogen (secondary N) is 1. The summed E-state index contributed by atoms with van der Waals surface area (Å²) in [6.07, 6.45) is 7.76. The van der Waals surface area contributed by atoms with Crippen molar-refractivity contribution in [1.82, 2.24) is 5.32 Å². The van der Waals surface area contributed by atoms with Crippen LogP contribution in [0.4, 0.5) is 0 Å². The van der Waals surface area contributed by atoms with E-state index in [1.165, 1.54) is 47.5 Å². The van der Waals surface area contributed by atoms with Gasteiger partial charge >= 0.3 is 5.97 Å². The van der Waals surface area contributed by atoms with Gasteiger partial charge in [0, 0.05) is 11.4 Å². The number of hydrogen-bond donors (Lipinski definition) is 1.